The molecule has 0 atom stereocenters. The number of benzene rings is 1. The molecule has 1 saturated carbocycles. The maximum atomic E-state index is 14.1. The van der Waals surface area contributed by atoms with Gasteiger partial charge in [-0.05, 0) is 37.3 Å². The van der Waals surface area contributed by atoms with Gasteiger partial charge >= 0.3 is 0 Å². The second-order valence-corrected chi connectivity index (χ2v) is 6.96. The number of sulfonamides is 1. The van der Waals surface area contributed by atoms with Gasteiger partial charge in [0.25, 0.3) is 10.0 Å². The van der Waals surface area contributed by atoms with Crippen LogP contribution < -0.4 is 0 Å². The first-order valence-electron chi connectivity index (χ1n) is 6.91. The van der Waals surface area contributed by atoms with E-state index in [2.05, 4.69) is 4.40 Å². The molecule has 1 fully saturated rings. The van der Waals surface area contributed by atoms with Gasteiger partial charge in [-0.25, -0.2) is 4.39 Å². The first-order chi connectivity index (χ1) is 9.53. The van der Waals surface area contributed by atoms with E-state index in [0.717, 1.165) is 25.8 Å². The first-order valence-corrected chi connectivity index (χ1v) is 8.35. The summed E-state index contributed by atoms with van der Waals surface area (Å²) in [5.74, 6) is 0.355. The highest BCUT2D eigenvalue weighted by atomic mass is 32.2. The molecule has 0 unspecified atom stereocenters. The number of fused-ring (bicyclic) bond motifs is 1. The zero-order chi connectivity index (χ0) is 14.3. The van der Waals surface area contributed by atoms with E-state index in [1.165, 1.54) is 18.2 Å². The smallest absolute Gasteiger partial charge is 0.285 e. The van der Waals surface area contributed by atoms with Crippen LogP contribution >= 0.6 is 0 Å². The maximum Gasteiger partial charge on any atom is 0.285 e. The van der Waals surface area contributed by atoms with Crippen LogP contribution in [0.1, 0.15) is 31.7 Å². The Morgan fingerprint density at radius 2 is 2.15 bits per heavy atom. The Morgan fingerprint density at radius 3 is 2.80 bits per heavy atom. The van der Waals surface area contributed by atoms with E-state index in [-0.39, 0.29) is 16.3 Å². The largest absolute Gasteiger partial charge is 0.355 e. The molecule has 0 radical (unpaired) electrons. The molecule has 2 aliphatic rings. The van der Waals surface area contributed by atoms with Crippen LogP contribution in [0.2, 0.25) is 0 Å². The van der Waals surface area contributed by atoms with E-state index in [0.29, 0.717) is 12.5 Å². The standard InChI is InChI=1S/C14H17FN2O2S/c1-2-8-17(9-10-6-7-10)14-13-11(15)4-3-5-12(13)20(18,19)16-14/h3-5,10H,2,6-9H2,1H3. The van der Waals surface area contributed by atoms with Crippen LogP contribution in [0, 0.1) is 11.7 Å². The van der Waals surface area contributed by atoms with Crippen LogP contribution in [0.15, 0.2) is 27.5 Å². The molecule has 1 aliphatic carbocycles. The fraction of sp³-hybridized carbons (Fsp3) is 0.500. The van der Waals surface area contributed by atoms with Gasteiger partial charge in [-0.3, -0.25) is 0 Å². The molecule has 0 amide bonds. The minimum Gasteiger partial charge on any atom is -0.355 e. The van der Waals surface area contributed by atoms with Crippen molar-refractivity contribution in [1.82, 2.24) is 4.90 Å². The van der Waals surface area contributed by atoms with Gasteiger partial charge in [-0.2, -0.15) is 8.42 Å². The number of rotatable bonds is 4. The number of nitrogens with zero attached hydrogens (tertiary/aromatic N) is 2. The molecule has 3 rings (SSSR count). The summed E-state index contributed by atoms with van der Waals surface area (Å²) in [6.45, 7) is 3.47. The van der Waals surface area contributed by atoms with Gasteiger partial charge in [0.15, 0.2) is 5.84 Å². The van der Waals surface area contributed by atoms with Crippen molar-refractivity contribution in [3.63, 3.8) is 0 Å². The van der Waals surface area contributed by atoms with Crippen LogP contribution in [0.4, 0.5) is 4.39 Å². The lowest BCUT2D eigenvalue weighted by Crippen LogP contribution is -2.34. The summed E-state index contributed by atoms with van der Waals surface area (Å²) in [6.07, 6.45) is 3.18. The number of hydrogen-bond donors (Lipinski definition) is 0. The van der Waals surface area contributed by atoms with Crippen LogP contribution in [0.25, 0.3) is 0 Å². The van der Waals surface area contributed by atoms with E-state index in [1.54, 1.807) is 0 Å². The van der Waals surface area contributed by atoms with Crippen molar-refractivity contribution in [2.45, 2.75) is 31.1 Å². The second-order valence-electron chi connectivity index (χ2n) is 5.39. The monoisotopic (exact) mass is 296 g/mol. The highest BCUT2D eigenvalue weighted by Gasteiger charge is 2.36. The summed E-state index contributed by atoms with van der Waals surface area (Å²) < 4.78 is 42.0. The summed E-state index contributed by atoms with van der Waals surface area (Å²) in [4.78, 5) is 1.91. The van der Waals surface area contributed by atoms with Crippen LogP contribution in [0.3, 0.4) is 0 Å². The molecule has 0 bridgehead atoms. The molecule has 4 nitrogen and oxygen atoms in total. The normalized spacial score (nSPS) is 19.6. The summed E-state index contributed by atoms with van der Waals surface area (Å²) in [5, 5.41) is 0. The highest BCUT2D eigenvalue weighted by Crippen LogP contribution is 2.34. The average Bonchev–Trinajstić information content (AvgIpc) is 3.15. The Balaban J connectivity index is 2.05. The molecular formula is C14H17FN2O2S. The van der Waals surface area contributed by atoms with Crippen molar-refractivity contribution < 1.29 is 12.8 Å². The van der Waals surface area contributed by atoms with Gasteiger partial charge in [-0.15, -0.1) is 4.40 Å². The predicted octanol–water partition coefficient (Wildman–Crippen LogP) is 2.40. The molecule has 1 aromatic carbocycles. The topological polar surface area (TPSA) is 49.7 Å². The molecule has 0 spiro atoms. The van der Waals surface area contributed by atoms with Crippen LogP contribution in [-0.4, -0.2) is 32.2 Å². The Hall–Kier alpha value is -1.43. The van der Waals surface area contributed by atoms with Crippen LogP contribution in [-0.2, 0) is 10.0 Å². The predicted molar refractivity (Wildman–Crippen MR) is 74.7 cm³/mol. The summed E-state index contributed by atoms with van der Waals surface area (Å²) in [6, 6.07) is 4.12. The van der Waals surface area contributed by atoms with E-state index >= 15 is 0 Å². The lowest BCUT2D eigenvalue weighted by Gasteiger charge is -2.24. The van der Waals surface area contributed by atoms with E-state index < -0.39 is 15.8 Å². The number of amidine groups is 1. The molecule has 20 heavy (non-hydrogen) atoms. The Kier molecular flexibility index (Phi) is 3.28. The van der Waals surface area contributed by atoms with Crippen molar-refractivity contribution in [3.05, 3.63) is 29.6 Å². The van der Waals surface area contributed by atoms with E-state index in [9.17, 15) is 12.8 Å². The van der Waals surface area contributed by atoms with Crippen molar-refractivity contribution in [3.8, 4) is 0 Å². The van der Waals surface area contributed by atoms with Gasteiger partial charge in [0.2, 0.25) is 0 Å². The third-order valence-corrected chi connectivity index (χ3v) is 4.96. The lowest BCUT2D eigenvalue weighted by atomic mass is 10.1. The molecule has 0 saturated heterocycles. The third-order valence-electron chi connectivity index (χ3n) is 3.65. The zero-order valence-corrected chi connectivity index (χ0v) is 12.2. The molecule has 1 aromatic rings. The van der Waals surface area contributed by atoms with Crippen LogP contribution in [0.5, 0.6) is 0 Å². The van der Waals surface area contributed by atoms with Gasteiger partial charge < -0.3 is 4.90 Å². The SMILES string of the molecule is CCCN(CC1CC1)C1=NS(=O)(=O)c2cccc(F)c21. The van der Waals surface area contributed by atoms with E-state index in [4.69, 9.17) is 0 Å². The Bertz CT molecular complexity index is 666. The number of halogens is 1. The lowest BCUT2D eigenvalue weighted by molar-refractivity contribution is 0.399. The second kappa shape index (κ2) is 4.84. The quantitative estimate of drug-likeness (QED) is 0.857. The van der Waals surface area contributed by atoms with Crippen molar-refractivity contribution >= 4 is 15.9 Å². The fourth-order valence-electron chi connectivity index (χ4n) is 2.53. The maximum absolute atomic E-state index is 14.1. The minimum absolute atomic E-state index is 0.00981. The average molecular weight is 296 g/mol. The summed E-state index contributed by atoms with van der Waals surface area (Å²) in [5.41, 5.74) is 0.140. The Labute approximate surface area is 118 Å². The molecular weight excluding hydrogens is 279 g/mol. The summed E-state index contributed by atoms with van der Waals surface area (Å²) in [7, 11) is -3.75. The first kappa shape index (κ1) is 13.5. The fourth-order valence-corrected chi connectivity index (χ4v) is 3.76. The van der Waals surface area contributed by atoms with Gasteiger partial charge in [-0.1, -0.05) is 13.0 Å². The van der Waals surface area contributed by atoms with Gasteiger partial charge in [0.1, 0.15) is 10.7 Å². The van der Waals surface area contributed by atoms with Crippen molar-refractivity contribution in [2.75, 3.05) is 13.1 Å². The highest BCUT2D eigenvalue weighted by molar-refractivity contribution is 7.90. The van der Waals surface area contributed by atoms with Gasteiger partial charge in [0, 0.05) is 13.1 Å². The van der Waals surface area contributed by atoms with E-state index in [1.807, 2.05) is 11.8 Å². The molecule has 0 N–H and O–H groups in total. The van der Waals surface area contributed by atoms with Crippen molar-refractivity contribution in [1.29, 1.82) is 0 Å². The molecule has 6 heteroatoms. The zero-order valence-electron chi connectivity index (χ0n) is 11.3. The summed E-state index contributed by atoms with van der Waals surface area (Å²) >= 11 is 0. The Morgan fingerprint density at radius 1 is 1.40 bits per heavy atom. The molecule has 0 aromatic heterocycles. The molecule has 108 valence electrons. The van der Waals surface area contributed by atoms with Crippen molar-refractivity contribution in [2.24, 2.45) is 10.3 Å². The van der Waals surface area contributed by atoms with Gasteiger partial charge in [0.05, 0.1) is 5.56 Å². The number of hydrogen-bond acceptors (Lipinski definition) is 3. The minimum atomic E-state index is -3.75. The molecule has 1 aliphatic heterocycles. The third kappa shape index (κ3) is 2.32. The molecule has 1 heterocycles.